The van der Waals surface area contributed by atoms with Gasteiger partial charge in [0.1, 0.15) is 18.3 Å². The minimum absolute atomic E-state index is 0.212. The maximum Gasteiger partial charge on any atom is 0.414 e. The highest BCUT2D eigenvalue weighted by atomic mass is 19.1. The summed E-state index contributed by atoms with van der Waals surface area (Å²) in [6.45, 7) is 1.20. The van der Waals surface area contributed by atoms with Crippen molar-refractivity contribution >= 4 is 23.8 Å². The zero-order valence-corrected chi connectivity index (χ0v) is 11.2. The van der Waals surface area contributed by atoms with E-state index in [1.807, 2.05) is 0 Å². The summed E-state index contributed by atoms with van der Waals surface area (Å²) >= 11 is 0. The first-order valence-corrected chi connectivity index (χ1v) is 6.60. The highest BCUT2D eigenvalue weighted by Gasteiger charge is 2.32. The van der Waals surface area contributed by atoms with Crippen molar-refractivity contribution in [1.29, 1.82) is 0 Å². The number of ether oxygens (including phenoxy) is 1. The van der Waals surface area contributed by atoms with Crippen LogP contribution in [0.25, 0.3) is 0 Å². The largest absolute Gasteiger partial charge is 0.441 e. The molecule has 0 spiro atoms. The number of hydrogen-bond donors (Lipinski definition) is 2. The van der Waals surface area contributed by atoms with Crippen molar-refractivity contribution in [1.82, 2.24) is 5.43 Å². The van der Waals surface area contributed by atoms with Crippen molar-refractivity contribution in [2.24, 2.45) is 5.10 Å². The summed E-state index contributed by atoms with van der Waals surface area (Å²) in [7, 11) is 0. The third-order valence-corrected chi connectivity index (χ3v) is 3.38. The zero-order valence-electron chi connectivity index (χ0n) is 11.2. The van der Waals surface area contributed by atoms with E-state index in [-0.39, 0.29) is 13.2 Å². The molecule has 2 aliphatic rings. The Morgan fingerprint density at radius 2 is 2.38 bits per heavy atom. The molecule has 3 rings (SSSR count). The van der Waals surface area contributed by atoms with Crippen molar-refractivity contribution in [3.8, 4) is 0 Å². The fourth-order valence-electron chi connectivity index (χ4n) is 2.31. The molecule has 1 fully saturated rings. The van der Waals surface area contributed by atoms with Crippen LogP contribution >= 0.6 is 0 Å². The van der Waals surface area contributed by atoms with Crippen LogP contribution in [0.1, 0.15) is 0 Å². The molecule has 1 aromatic carbocycles. The van der Waals surface area contributed by atoms with Crippen molar-refractivity contribution < 1.29 is 19.0 Å². The quantitative estimate of drug-likeness (QED) is 0.848. The van der Waals surface area contributed by atoms with Crippen LogP contribution in [0.3, 0.4) is 0 Å². The second-order valence-corrected chi connectivity index (χ2v) is 4.78. The monoisotopic (exact) mass is 294 g/mol. The van der Waals surface area contributed by atoms with Crippen LogP contribution in [-0.4, -0.2) is 49.9 Å². The lowest BCUT2D eigenvalue weighted by atomic mass is 10.2. The number of anilines is 2. The number of benzene rings is 1. The molecule has 2 N–H and O–H groups in total. The van der Waals surface area contributed by atoms with Crippen molar-refractivity contribution in [2.75, 3.05) is 36.0 Å². The minimum Gasteiger partial charge on any atom is -0.441 e. The number of amides is 1. The molecular weight excluding hydrogens is 279 g/mol. The van der Waals surface area contributed by atoms with Gasteiger partial charge in [0, 0.05) is 6.54 Å². The van der Waals surface area contributed by atoms with E-state index in [0.29, 0.717) is 24.5 Å². The Labute approximate surface area is 120 Å². The number of hydrogen-bond acceptors (Lipinski definition) is 6. The maximum atomic E-state index is 14.2. The van der Waals surface area contributed by atoms with Gasteiger partial charge in [-0.1, -0.05) is 0 Å². The average molecular weight is 294 g/mol. The number of rotatable bonds is 3. The highest BCUT2D eigenvalue weighted by Crippen LogP contribution is 2.27. The van der Waals surface area contributed by atoms with Gasteiger partial charge in [0.15, 0.2) is 0 Å². The molecule has 1 saturated heterocycles. The summed E-state index contributed by atoms with van der Waals surface area (Å²) in [6, 6.07) is 4.53. The lowest BCUT2D eigenvalue weighted by Gasteiger charge is -2.24. The predicted molar refractivity (Wildman–Crippen MR) is 74.9 cm³/mol. The van der Waals surface area contributed by atoms with Crippen LogP contribution < -0.4 is 15.2 Å². The Bertz CT molecular complexity index is 581. The van der Waals surface area contributed by atoms with Gasteiger partial charge < -0.3 is 20.2 Å². The van der Waals surface area contributed by atoms with Crippen molar-refractivity contribution in [3.63, 3.8) is 0 Å². The molecule has 0 saturated carbocycles. The summed E-state index contributed by atoms with van der Waals surface area (Å²) in [5.74, 6) is -0.443. The molecule has 0 radical (unpaired) electrons. The van der Waals surface area contributed by atoms with Crippen LogP contribution in [0.15, 0.2) is 23.3 Å². The summed E-state index contributed by atoms with van der Waals surface area (Å²) in [5.41, 5.74) is 3.59. The molecule has 21 heavy (non-hydrogen) atoms. The normalized spacial score (nSPS) is 21.4. The Kier molecular flexibility index (Phi) is 3.61. The number of aliphatic hydroxyl groups excluding tert-OH is 1. The van der Waals surface area contributed by atoms with Crippen molar-refractivity contribution in [2.45, 2.75) is 6.10 Å². The number of nitrogens with zero attached hydrogens (tertiary/aromatic N) is 3. The van der Waals surface area contributed by atoms with E-state index >= 15 is 0 Å². The number of carbonyl (C=O) groups excluding carboxylic acids is 1. The summed E-state index contributed by atoms with van der Waals surface area (Å²) in [6.07, 6.45) is 0.374. The van der Waals surface area contributed by atoms with E-state index in [0.717, 1.165) is 0 Å². The summed E-state index contributed by atoms with van der Waals surface area (Å²) in [4.78, 5) is 14.7. The smallest absolute Gasteiger partial charge is 0.414 e. The molecule has 1 atom stereocenters. The first-order chi connectivity index (χ1) is 10.2. The maximum absolute atomic E-state index is 14.2. The second-order valence-electron chi connectivity index (χ2n) is 4.78. The lowest BCUT2D eigenvalue weighted by molar-refractivity contribution is 0.0963. The fraction of sp³-hybridized carbons (Fsp3) is 0.385. The van der Waals surface area contributed by atoms with E-state index < -0.39 is 18.0 Å². The number of cyclic esters (lactones) is 1. The topological polar surface area (TPSA) is 77.4 Å². The Morgan fingerprint density at radius 3 is 3.00 bits per heavy atom. The number of carbonyl (C=O) groups is 1. The SMILES string of the molecule is O=C1O[C@@H](CO)CN1c1ccc(N2C=NNCC2)c(F)c1. The zero-order chi connectivity index (χ0) is 14.8. The number of nitrogens with one attached hydrogen (secondary N) is 1. The van der Waals surface area contributed by atoms with Crippen LogP contribution in [0.5, 0.6) is 0 Å². The third-order valence-electron chi connectivity index (χ3n) is 3.38. The second kappa shape index (κ2) is 5.57. The van der Waals surface area contributed by atoms with Gasteiger partial charge in [-0.3, -0.25) is 4.90 Å². The molecule has 2 aliphatic heterocycles. The van der Waals surface area contributed by atoms with E-state index in [4.69, 9.17) is 9.84 Å². The van der Waals surface area contributed by atoms with Crippen molar-refractivity contribution in [3.05, 3.63) is 24.0 Å². The molecule has 112 valence electrons. The van der Waals surface area contributed by atoms with E-state index in [2.05, 4.69) is 10.5 Å². The van der Waals surface area contributed by atoms with Crippen LogP contribution in [0, 0.1) is 5.82 Å². The Morgan fingerprint density at radius 1 is 1.52 bits per heavy atom. The Balaban J connectivity index is 1.82. The molecule has 8 heteroatoms. The highest BCUT2D eigenvalue weighted by molar-refractivity contribution is 5.90. The standard InChI is InChI=1S/C13H15FN4O3/c14-11-5-9(18-6-10(7-19)21-13(18)20)1-2-12(11)17-4-3-15-16-8-17/h1-2,5,8,10,15,19H,3-4,6-7H2/t10-/m1/s1. The molecule has 2 heterocycles. The Hall–Kier alpha value is -2.35. The van der Waals surface area contributed by atoms with Gasteiger partial charge in [0.25, 0.3) is 0 Å². The number of aliphatic hydroxyl groups is 1. The third kappa shape index (κ3) is 2.62. The summed E-state index contributed by atoms with van der Waals surface area (Å²) < 4.78 is 19.2. The molecule has 1 amide bonds. The van der Waals surface area contributed by atoms with Crippen LogP contribution in [-0.2, 0) is 4.74 Å². The van der Waals surface area contributed by atoms with Crippen LogP contribution in [0.2, 0.25) is 0 Å². The molecule has 0 aromatic heterocycles. The van der Waals surface area contributed by atoms with Gasteiger partial charge in [-0.15, -0.1) is 0 Å². The van der Waals surface area contributed by atoms with E-state index in [1.165, 1.54) is 17.3 Å². The summed E-state index contributed by atoms with van der Waals surface area (Å²) in [5, 5.41) is 12.9. The fourth-order valence-corrected chi connectivity index (χ4v) is 2.31. The van der Waals surface area contributed by atoms with Gasteiger partial charge in [-0.05, 0) is 18.2 Å². The molecule has 0 aliphatic carbocycles. The number of hydrazone groups is 1. The van der Waals surface area contributed by atoms with Gasteiger partial charge in [0.2, 0.25) is 0 Å². The van der Waals surface area contributed by atoms with Gasteiger partial charge in [0.05, 0.1) is 31.1 Å². The van der Waals surface area contributed by atoms with Gasteiger partial charge in [-0.25, -0.2) is 9.18 Å². The first kappa shape index (κ1) is 13.6. The van der Waals surface area contributed by atoms with E-state index in [9.17, 15) is 9.18 Å². The molecule has 1 aromatic rings. The average Bonchev–Trinajstić information content (AvgIpc) is 2.89. The minimum atomic E-state index is -0.579. The van der Waals surface area contributed by atoms with E-state index in [1.54, 1.807) is 17.0 Å². The first-order valence-electron chi connectivity index (χ1n) is 6.60. The predicted octanol–water partition coefficient (Wildman–Crippen LogP) is 0.496. The van der Waals surface area contributed by atoms with Gasteiger partial charge in [-0.2, -0.15) is 5.10 Å². The van der Waals surface area contributed by atoms with Gasteiger partial charge >= 0.3 is 6.09 Å². The molecule has 0 unspecified atom stereocenters. The lowest BCUT2D eigenvalue weighted by Crippen LogP contribution is -2.35. The molecule has 0 bridgehead atoms. The van der Waals surface area contributed by atoms with Crippen LogP contribution in [0.4, 0.5) is 20.6 Å². The molecular formula is C13H15FN4O3. The molecule has 7 nitrogen and oxygen atoms in total. The number of halogens is 1.